The van der Waals surface area contributed by atoms with Gasteiger partial charge in [-0.05, 0) is 61.6 Å². The summed E-state index contributed by atoms with van der Waals surface area (Å²) in [5, 5.41) is 2.80. The second-order valence-electron chi connectivity index (χ2n) is 6.31. The summed E-state index contributed by atoms with van der Waals surface area (Å²) < 4.78 is 0. The maximum Gasteiger partial charge on any atom is 0.0407 e. The van der Waals surface area contributed by atoms with E-state index in [-0.39, 0.29) is 5.54 Å². The van der Waals surface area contributed by atoms with Crippen LogP contribution < -0.4 is 0 Å². The van der Waals surface area contributed by atoms with Crippen molar-refractivity contribution < 1.29 is 0 Å². The third-order valence-corrected chi connectivity index (χ3v) is 4.83. The summed E-state index contributed by atoms with van der Waals surface area (Å²) in [6, 6.07) is 11.2. The molecule has 0 aliphatic carbocycles. The number of rotatable bonds is 2. The largest absolute Gasteiger partial charge is 0.294 e. The van der Waals surface area contributed by atoms with Gasteiger partial charge < -0.3 is 0 Å². The Morgan fingerprint density at radius 1 is 1.00 bits per heavy atom. The summed E-state index contributed by atoms with van der Waals surface area (Å²) in [4.78, 5) is 2.59. The molecule has 1 aliphatic heterocycles. The lowest BCUT2D eigenvalue weighted by Gasteiger charge is -2.46. The van der Waals surface area contributed by atoms with E-state index in [9.17, 15) is 0 Å². The number of hydrogen-bond acceptors (Lipinski definition) is 1. The van der Waals surface area contributed by atoms with E-state index in [1.807, 2.05) is 0 Å². The molecule has 3 rings (SSSR count). The van der Waals surface area contributed by atoms with Crippen LogP contribution in [-0.2, 0) is 5.54 Å². The minimum Gasteiger partial charge on any atom is -0.294 e. The summed E-state index contributed by atoms with van der Waals surface area (Å²) in [7, 11) is 0. The third-order valence-electron chi connectivity index (χ3n) is 4.83. The number of fused-ring (bicyclic) bond motifs is 1. The molecule has 0 aromatic heterocycles. The highest BCUT2D eigenvalue weighted by molar-refractivity contribution is 5.89. The van der Waals surface area contributed by atoms with Crippen LogP contribution in [0.3, 0.4) is 0 Å². The molecule has 0 atom stereocenters. The first kappa shape index (κ1) is 12.7. The molecule has 1 saturated heterocycles. The first-order valence-electron chi connectivity index (χ1n) is 7.26. The number of benzene rings is 2. The Labute approximate surface area is 116 Å². The summed E-state index contributed by atoms with van der Waals surface area (Å²) in [6.07, 6.45) is 1.34. The van der Waals surface area contributed by atoms with E-state index in [1.54, 1.807) is 0 Å². The monoisotopic (exact) mass is 253 g/mol. The van der Waals surface area contributed by atoms with Gasteiger partial charge in [-0.2, -0.15) is 0 Å². The van der Waals surface area contributed by atoms with Crippen LogP contribution in [-0.4, -0.2) is 18.0 Å². The van der Waals surface area contributed by atoms with Gasteiger partial charge >= 0.3 is 0 Å². The number of hydrogen-bond donors (Lipinski definition) is 0. The van der Waals surface area contributed by atoms with Crippen molar-refractivity contribution in [1.29, 1.82) is 0 Å². The summed E-state index contributed by atoms with van der Waals surface area (Å²) in [5.74, 6) is 0. The van der Waals surface area contributed by atoms with Gasteiger partial charge in [0.2, 0.25) is 0 Å². The van der Waals surface area contributed by atoms with Crippen LogP contribution in [0.5, 0.6) is 0 Å². The van der Waals surface area contributed by atoms with E-state index in [0.717, 1.165) is 0 Å². The highest BCUT2D eigenvalue weighted by atomic mass is 15.2. The molecule has 0 N–H and O–H groups in total. The fourth-order valence-electron chi connectivity index (χ4n) is 3.38. The van der Waals surface area contributed by atoms with E-state index in [1.165, 1.54) is 47.0 Å². The number of aryl methyl sites for hydroxylation is 2. The maximum absolute atomic E-state index is 2.59. The molecule has 100 valence electrons. The van der Waals surface area contributed by atoms with E-state index in [4.69, 9.17) is 0 Å². The first-order valence-corrected chi connectivity index (χ1v) is 7.26. The molecule has 0 radical (unpaired) electrons. The lowest BCUT2D eigenvalue weighted by Crippen LogP contribution is -2.50. The van der Waals surface area contributed by atoms with Crippen molar-refractivity contribution in [2.24, 2.45) is 0 Å². The Morgan fingerprint density at radius 3 is 2.21 bits per heavy atom. The Balaban J connectivity index is 2.21. The lowest BCUT2D eigenvalue weighted by atomic mass is 9.83. The smallest absolute Gasteiger partial charge is 0.0407 e. The van der Waals surface area contributed by atoms with Gasteiger partial charge in [0.1, 0.15) is 0 Å². The van der Waals surface area contributed by atoms with Gasteiger partial charge in [-0.25, -0.2) is 0 Å². The second-order valence-corrected chi connectivity index (χ2v) is 6.31. The van der Waals surface area contributed by atoms with Gasteiger partial charge in [-0.3, -0.25) is 4.90 Å². The van der Waals surface area contributed by atoms with Crippen molar-refractivity contribution >= 4 is 10.8 Å². The molecular formula is C18H23N. The molecule has 2 aromatic carbocycles. The van der Waals surface area contributed by atoms with Gasteiger partial charge in [0.05, 0.1) is 0 Å². The van der Waals surface area contributed by atoms with Gasteiger partial charge in [-0.15, -0.1) is 0 Å². The lowest BCUT2D eigenvalue weighted by molar-refractivity contribution is 0.0529. The molecular weight excluding hydrogens is 230 g/mol. The highest BCUT2D eigenvalue weighted by Crippen LogP contribution is 2.37. The highest BCUT2D eigenvalue weighted by Gasteiger charge is 2.34. The fraction of sp³-hybridized carbons (Fsp3) is 0.444. The van der Waals surface area contributed by atoms with Crippen LogP contribution in [0.4, 0.5) is 0 Å². The third kappa shape index (κ3) is 1.88. The molecule has 1 heteroatoms. The standard InChI is InChI=1S/C18H23N/c1-13-12-17(18(3,4)19-10-7-11-19)14(2)16-9-6-5-8-15(13)16/h5-6,8-9,12H,7,10-11H2,1-4H3. The molecule has 0 unspecified atom stereocenters. The van der Waals surface area contributed by atoms with Gasteiger partial charge in [0.15, 0.2) is 0 Å². The predicted octanol–water partition coefficient (Wildman–Crippen LogP) is 4.40. The van der Waals surface area contributed by atoms with Crippen LogP contribution in [0.1, 0.15) is 37.0 Å². The first-order chi connectivity index (χ1) is 9.01. The van der Waals surface area contributed by atoms with Crippen molar-refractivity contribution in [2.45, 2.75) is 39.7 Å². The molecule has 1 nitrogen and oxygen atoms in total. The van der Waals surface area contributed by atoms with E-state index in [0.29, 0.717) is 0 Å². The maximum atomic E-state index is 2.59. The van der Waals surface area contributed by atoms with Crippen LogP contribution in [0, 0.1) is 13.8 Å². The Morgan fingerprint density at radius 2 is 1.63 bits per heavy atom. The van der Waals surface area contributed by atoms with Crippen LogP contribution in [0.2, 0.25) is 0 Å². The summed E-state index contributed by atoms with van der Waals surface area (Å²) in [6.45, 7) is 11.7. The zero-order valence-electron chi connectivity index (χ0n) is 12.5. The fourth-order valence-corrected chi connectivity index (χ4v) is 3.38. The normalized spacial score (nSPS) is 16.6. The quantitative estimate of drug-likeness (QED) is 0.767. The zero-order valence-corrected chi connectivity index (χ0v) is 12.5. The predicted molar refractivity (Wildman–Crippen MR) is 82.6 cm³/mol. The van der Waals surface area contributed by atoms with Gasteiger partial charge in [0, 0.05) is 18.6 Å². The second kappa shape index (κ2) is 4.35. The average molecular weight is 253 g/mol. The van der Waals surface area contributed by atoms with Crippen molar-refractivity contribution in [3.8, 4) is 0 Å². The van der Waals surface area contributed by atoms with Crippen molar-refractivity contribution in [3.63, 3.8) is 0 Å². The molecule has 1 fully saturated rings. The number of likely N-dealkylation sites (tertiary alicyclic amines) is 1. The van der Waals surface area contributed by atoms with Crippen molar-refractivity contribution in [3.05, 3.63) is 47.0 Å². The Kier molecular flexibility index (Phi) is 2.90. The van der Waals surface area contributed by atoms with Gasteiger partial charge in [0.25, 0.3) is 0 Å². The van der Waals surface area contributed by atoms with Crippen LogP contribution >= 0.6 is 0 Å². The zero-order chi connectivity index (χ0) is 13.6. The molecule has 19 heavy (non-hydrogen) atoms. The minimum absolute atomic E-state index is 0.150. The molecule has 1 heterocycles. The van der Waals surface area contributed by atoms with E-state index >= 15 is 0 Å². The van der Waals surface area contributed by atoms with E-state index < -0.39 is 0 Å². The molecule has 0 bridgehead atoms. The van der Waals surface area contributed by atoms with Crippen molar-refractivity contribution in [2.75, 3.05) is 13.1 Å². The molecule has 1 aliphatic rings. The molecule has 0 amide bonds. The minimum atomic E-state index is 0.150. The van der Waals surface area contributed by atoms with Gasteiger partial charge in [-0.1, -0.05) is 30.3 Å². The SMILES string of the molecule is Cc1cc(C(C)(C)N2CCC2)c(C)c2ccccc12. The van der Waals surface area contributed by atoms with Crippen LogP contribution in [0.15, 0.2) is 30.3 Å². The summed E-state index contributed by atoms with van der Waals surface area (Å²) >= 11 is 0. The van der Waals surface area contributed by atoms with Crippen molar-refractivity contribution in [1.82, 2.24) is 4.90 Å². The molecule has 2 aromatic rings. The Hall–Kier alpha value is -1.34. The van der Waals surface area contributed by atoms with E-state index in [2.05, 4.69) is 62.9 Å². The summed E-state index contributed by atoms with van der Waals surface area (Å²) in [5.41, 5.74) is 4.48. The van der Waals surface area contributed by atoms with Crippen LogP contribution in [0.25, 0.3) is 10.8 Å². The molecule has 0 spiro atoms. The molecule has 0 saturated carbocycles. The Bertz CT molecular complexity index is 621. The average Bonchev–Trinajstić information content (AvgIpc) is 2.31. The number of nitrogens with zero attached hydrogens (tertiary/aromatic N) is 1. The topological polar surface area (TPSA) is 3.24 Å².